The summed E-state index contributed by atoms with van der Waals surface area (Å²) in [6.45, 7) is 2.08. The number of aliphatic hydroxyl groups is 1. The van der Waals surface area contributed by atoms with Gasteiger partial charge in [0.05, 0.1) is 19.8 Å². The highest BCUT2D eigenvalue weighted by Gasteiger charge is 2.27. The summed E-state index contributed by atoms with van der Waals surface area (Å²) in [4.78, 5) is 2.35. The zero-order chi connectivity index (χ0) is 15.2. The third-order valence-corrected chi connectivity index (χ3v) is 4.88. The van der Waals surface area contributed by atoms with Crippen molar-refractivity contribution in [2.45, 2.75) is 31.4 Å². The Balaban J connectivity index is 1.96. The molecule has 2 rings (SSSR count). The molecule has 0 amide bonds. The summed E-state index contributed by atoms with van der Waals surface area (Å²) in [6.07, 6.45) is 3.30. The normalized spacial score (nSPS) is 23.2. The van der Waals surface area contributed by atoms with Crippen LogP contribution in [0.1, 0.15) is 18.4 Å². The maximum absolute atomic E-state index is 9.54. The minimum atomic E-state index is 0.229. The van der Waals surface area contributed by atoms with Crippen molar-refractivity contribution in [3.8, 4) is 5.75 Å². The van der Waals surface area contributed by atoms with Crippen LogP contribution in [0.15, 0.2) is 18.2 Å². The molecule has 1 saturated heterocycles. The number of ether oxygens (including phenoxy) is 2. The van der Waals surface area contributed by atoms with E-state index in [0.29, 0.717) is 6.10 Å². The molecule has 0 spiro atoms. The Kier molecular flexibility index (Phi) is 6.43. The van der Waals surface area contributed by atoms with Gasteiger partial charge in [-0.05, 0) is 42.3 Å². The Hall–Kier alpha value is -0.670. The molecule has 1 unspecified atom stereocenters. The van der Waals surface area contributed by atoms with Gasteiger partial charge in [0.15, 0.2) is 0 Å². The van der Waals surface area contributed by atoms with Crippen molar-refractivity contribution in [3.05, 3.63) is 23.8 Å². The van der Waals surface area contributed by atoms with E-state index in [1.165, 1.54) is 10.9 Å². The van der Waals surface area contributed by atoms with Crippen LogP contribution in [0.25, 0.3) is 0 Å². The first-order chi connectivity index (χ1) is 10.2. The summed E-state index contributed by atoms with van der Waals surface area (Å²) < 4.78 is 10.7. The van der Waals surface area contributed by atoms with Gasteiger partial charge < -0.3 is 14.6 Å². The van der Waals surface area contributed by atoms with Gasteiger partial charge >= 0.3 is 0 Å². The van der Waals surface area contributed by atoms with Gasteiger partial charge in [-0.25, -0.2) is 0 Å². The van der Waals surface area contributed by atoms with Crippen molar-refractivity contribution < 1.29 is 14.6 Å². The highest BCUT2D eigenvalue weighted by atomic mass is 31.0. The average molecular weight is 311 g/mol. The van der Waals surface area contributed by atoms with Crippen LogP contribution in [0, 0.1) is 0 Å². The van der Waals surface area contributed by atoms with E-state index in [1.807, 2.05) is 12.1 Å². The van der Waals surface area contributed by atoms with Gasteiger partial charge in [0.25, 0.3) is 0 Å². The molecule has 5 heteroatoms. The van der Waals surface area contributed by atoms with Crippen molar-refractivity contribution in [1.82, 2.24) is 4.90 Å². The molecule has 1 aliphatic heterocycles. The molecule has 1 aromatic rings. The molecule has 0 saturated carbocycles. The molecule has 0 bridgehead atoms. The van der Waals surface area contributed by atoms with E-state index in [1.54, 1.807) is 14.2 Å². The molecule has 1 aromatic carbocycles. The molecule has 118 valence electrons. The van der Waals surface area contributed by atoms with Gasteiger partial charge in [0, 0.05) is 26.2 Å². The minimum Gasteiger partial charge on any atom is -0.497 e. The quantitative estimate of drug-likeness (QED) is 0.802. The zero-order valence-electron chi connectivity index (χ0n) is 12.9. The predicted octanol–water partition coefficient (Wildman–Crippen LogP) is 1.21. The van der Waals surface area contributed by atoms with Crippen LogP contribution in [-0.4, -0.2) is 56.1 Å². The molecular formula is C16H26NO3P. The molecule has 1 N–H and O–H groups in total. The smallest absolute Gasteiger partial charge is 0.119 e. The number of rotatable bonds is 6. The lowest BCUT2D eigenvalue weighted by Crippen LogP contribution is -2.48. The van der Waals surface area contributed by atoms with Gasteiger partial charge in [-0.3, -0.25) is 4.90 Å². The van der Waals surface area contributed by atoms with Crippen LogP contribution < -0.4 is 10.0 Å². The number of aliphatic hydroxyl groups excluding tert-OH is 1. The van der Waals surface area contributed by atoms with Gasteiger partial charge in [-0.1, -0.05) is 6.07 Å². The van der Waals surface area contributed by atoms with Crippen LogP contribution in [0.2, 0.25) is 0 Å². The van der Waals surface area contributed by atoms with Crippen molar-refractivity contribution in [3.63, 3.8) is 0 Å². The summed E-state index contributed by atoms with van der Waals surface area (Å²) in [5.41, 5.74) is 1.30. The van der Waals surface area contributed by atoms with Crippen molar-refractivity contribution in [2.75, 3.05) is 33.9 Å². The lowest BCUT2D eigenvalue weighted by molar-refractivity contribution is -0.00870. The third-order valence-electron chi connectivity index (χ3n) is 4.34. The van der Waals surface area contributed by atoms with Gasteiger partial charge in [0.1, 0.15) is 5.75 Å². The topological polar surface area (TPSA) is 41.9 Å². The highest BCUT2D eigenvalue weighted by Crippen LogP contribution is 2.20. The van der Waals surface area contributed by atoms with Crippen LogP contribution in [0.5, 0.6) is 5.75 Å². The molecule has 1 fully saturated rings. The van der Waals surface area contributed by atoms with Crippen molar-refractivity contribution in [2.24, 2.45) is 0 Å². The molecule has 1 aliphatic rings. The van der Waals surface area contributed by atoms with Crippen LogP contribution >= 0.6 is 9.24 Å². The standard InChI is InChI=1S/C16H26NO3P/c1-19-14-5-3-12(16(21)9-14)7-8-17-10-15(20-2)6-4-13(17)11-18/h3,5,9,13,15,18H,4,6-8,10-11,21H2,1-2H3/t13-,15-/m1/s1. The molecular weight excluding hydrogens is 285 g/mol. The summed E-state index contributed by atoms with van der Waals surface area (Å²) in [6, 6.07) is 6.42. The highest BCUT2D eigenvalue weighted by molar-refractivity contribution is 7.27. The van der Waals surface area contributed by atoms with Gasteiger partial charge in [-0.15, -0.1) is 9.24 Å². The summed E-state index contributed by atoms with van der Waals surface area (Å²) in [5.74, 6) is 0.884. The van der Waals surface area contributed by atoms with Crippen molar-refractivity contribution in [1.29, 1.82) is 0 Å². The van der Waals surface area contributed by atoms with Gasteiger partial charge in [0.2, 0.25) is 0 Å². The number of hydrogen-bond donors (Lipinski definition) is 1. The number of methoxy groups -OCH3 is 2. The minimum absolute atomic E-state index is 0.229. The Labute approximate surface area is 129 Å². The SMILES string of the molecule is COc1ccc(CCN2C[C@H](OC)CC[C@@H]2CO)c(P)c1. The summed E-state index contributed by atoms with van der Waals surface area (Å²) >= 11 is 0. The summed E-state index contributed by atoms with van der Waals surface area (Å²) in [7, 11) is 6.23. The monoisotopic (exact) mass is 311 g/mol. The predicted molar refractivity (Wildman–Crippen MR) is 88.5 cm³/mol. The first kappa shape index (κ1) is 16.7. The lowest BCUT2D eigenvalue weighted by atomic mass is 9.99. The maximum Gasteiger partial charge on any atom is 0.119 e. The molecule has 0 aromatic heterocycles. The molecule has 0 aliphatic carbocycles. The number of benzene rings is 1. The van der Waals surface area contributed by atoms with E-state index >= 15 is 0 Å². The molecule has 4 nitrogen and oxygen atoms in total. The Bertz CT molecular complexity index is 455. The van der Waals surface area contributed by atoms with Crippen LogP contribution in [-0.2, 0) is 11.2 Å². The van der Waals surface area contributed by atoms with Crippen molar-refractivity contribution >= 4 is 14.5 Å². The lowest BCUT2D eigenvalue weighted by Gasteiger charge is -2.38. The zero-order valence-corrected chi connectivity index (χ0v) is 14.1. The fourth-order valence-corrected chi connectivity index (χ4v) is 3.33. The number of nitrogens with zero attached hydrogens (tertiary/aromatic N) is 1. The number of likely N-dealkylation sites (tertiary alicyclic amines) is 1. The third kappa shape index (κ3) is 4.40. The largest absolute Gasteiger partial charge is 0.497 e. The van der Waals surface area contributed by atoms with E-state index in [2.05, 4.69) is 20.2 Å². The number of hydrogen-bond acceptors (Lipinski definition) is 4. The Morgan fingerprint density at radius 2 is 2.14 bits per heavy atom. The summed E-state index contributed by atoms with van der Waals surface area (Å²) in [5, 5.41) is 10.7. The first-order valence-corrected chi connectivity index (χ1v) is 8.05. The van der Waals surface area contributed by atoms with E-state index in [0.717, 1.165) is 38.1 Å². The van der Waals surface area contributed by atoms with Gasteiger partial charge in [-0.2, -0.15) is 0 Å². The second-order valence-electron chi connectivity index (χ2n) is 5.58. The second-order valence-corrected chi connectivity index (χ2v) is 6.20. The van der Waals surface area contributed by atoms with E-state index < -0.39 is 0 Å². The molecule has 21 heavy (non-hydrogen) atoms. The first-order valence-electron chi connectivity index (χ1n) is 7.48. The van der Waals surface area contributed by atoms with Crippen LogP contribution in [0.4, 0.5) is 0 Å². The van der Waals surface area contributed by atoms with E-state index in [4.69, 9.17) is 9.47 Å². The second kappa shape index (κ2) is 8.09. The maximum atomic E-state index is 9.54. The Morgan fingerprint density at radius 3 is 2.76 bits per heavy atom. The molecule has 0 radical (unpaired) electrons. The van der Waals surface area contributed by atoms with Crippen LogP contribution in [0.3, 0.4) is 0 Å². The Morgan fingerprint density at radius 1 is 1.33 bits per heavy atom. The molecule has 1 heterocycles. The number of piperidine rings is 1. The average Bonchev–Trinajstić information content (AvgIpc) is 2.53. The van der Waals surface area contributed by atoms with E-state index in [9.17, 15) is 5.11 Å². The van der Waals surface area contributed by atoms with E-state index in [-0.39, 0.29) is 12.6 Å². The fourth-order valence-electron chi connectivity index (χ4n) is 2.93. The molecule has 3 atom stereocenters. The fraction of sp³-hybridized carbons (Fsp3) is 0.625.